The molecule has 0 radical (unpaired) electrons. The van der Waals surface area contributed by atoms with Crippen LogP contribution in [0.25, 0.3) is 11.2 Å². The Labute approximate surface area is 164 Å². The lowest BCUT2D eigenvalue weighted by Gasteiger charge is -2.12. The lowest BCUT2D eigenvalue weighted by molar-refractivity contribution is 0.219. The standard InChI is InChI=1S/C21H28N4O3/c1-5-7-13-23-19-18(20(26)24(21(23)27)14-8-6-2)25(16(4)22-19)28-17-11-9-15(3)10-12-17/h9-12H,5-8,13-14H2,1-4H3. The number of fused-ring (bicyclic) bond motifs is 1. The van der Waals surface area contributed by atoms with Crippen LogP contribution in [0.15, 0.2) is 33.9 Å². The number of benzene rings is 1. The van der Waals surface area contributed by atoms with Crippen LogP contribution in [0.5, 0.6) is 5.75 Å². The molecule has 3 aromatic rings. The molecule has 28 heavy (non-hydrogen) atoms. The molecule has 150 valence electrons. The van der Waals surface area contributed by atoms with Crippen LogP contribution >= 0.6 is 0 Å². The second-order valence-electron chi connectivity index (χ2n) is 7.13. The maximum Gasteiger partial charge on any atom is 0.332 e. The van der Waals surface area contributed by atoms with E-state index >= 15 is 0 Å². The third-order valence-electron chi connectivity index (χ3n) is 4.83. The van der Waals surface area contributed by atoms with E-state index in [-0.39, 0.29) is 11.2 Å². The molecule has 2 aromatic heterocycles. The van der Waals surface area contributed by atoms with E-state index in [1.165, 1.54) is 9.30 Å². The molecule has 7 heteroatoms. The van der Waals surface area contributed by atoms with E-state index in [2.05, 4.69) is 11.9 Å². The molecular formula is C21H28N4O3. The van der Waals surface area contributed by atoms with Gasteiger partial charge in [-0.25, -0.2) is 9.78 Å². The topological polar surface area (TPSA) is 71.0 Å². The molecule has 0 N–H and O–H groups in total. The zero-order valence-corrected chi connectivity index (χ0v) is 17.1. The number of hydrogen-bond donors (Lipinski definition) is 0. The van der Waals surface area contributed by atoms with Crippen molar-refractivity contribution in [3.8, 4) is 5.75 Å². The Kier molecular flexibility index (Phi) is 6.02. The Morgan fingerprint density at radius 2 is 1.54 bits per heavy atom. The highest BCUT2D eigenvalue weighted by atomic mass is 16.7. The van der Waals surface area contributed by atoms with Crippen LogP contribution in [0.1, 0.15) is 50.9 Å². The SMILES string of the molecule is CCCCn1c(=O)c2c(nc(C)n2Oc2ccc(C)cc2)n(CCCC)c1=O. The number of nitrogens with zero attached hydrogens (tertiary/aromatic N) is 4. The van der Waals surface area contributed by atoms with Gasteiger partial charge in [-0.2, -0.15) is 4.73 Å². The summed E-state index contributed by atoms with van der Waals surface area (Å²) in [5.74, 6) is 1.14. The highest BCUT2D eigenvalue weighted by molar-refractivity contribution is 5.70. The number of rotatable bonds is 8. The number of hydrogen-bond acceptors (Lipinski definition) is 4. The second kappa shape index (κ2) is 8.46. The largest absolute Gasteiger partial charge is 0.373 e. The van der Waals surface area contributed by atoms with Crippen LogP contribution < -0.4 is 16.1 Å². The number of unbranched alkanes of at least 4 members (excludes halogenated alkanes) is 2. The lowest BCUT2D eigenvalue weighted by atomic mass is 10.2. The number of imidazole rings is 1. The molecule has 0 bridgehead atoms. The minimum absolute atomic E-state index is 0.292. The van der Waals surface area contributed by atoms with Crippen LogP contribution in [0.2, 0.25) is 0 Å². The molecule has 1 aromatic carbocycles. The zero-order chi connectivity index (χ0) is 20.3. The Hall–Kier alpha value is -2.83. The maximum atomic E-state index is 13.2. The molecule has 3 rings (SSSR count). The monoisotopic (exact) mass is 384 g/mol. The summed E-state index contributed by atoms with van der Waals surface area (Å²) in [6.45, 7) is 8.80. The van der Waals surface area contributed by atoms with Gasteiger partial charge in [-0.05, 0) is 38.8 Å². The fourth-order valence-electron chi connectivity index (χ4n) is 3.17. The van der Waals surface area contributed by atoms with Gasteiger partial charge in [0.1, 0.15) is 5.82 Å². The predicted octanol–water partition coefficient (Wildman–Crippen LogP) is 3.42. The molecule has 0 atom stereocenters. The molecule has 0 aliphatic rings. The van der Waals surface area contributed by atoms with Crippen LogP contribution in [0, 0.1) is 13.8 Å². The summed E-state index contributed by atoms with van der Waals surface area (Å²) in [7, 11) is 0. The quantitative estimate of drug-likeness (QED) is 0.597. The summed E-state index contributed by atoms with van der Waals surface area (Å²) in [4.78, 5) is 36.6. The third-order valence-corrected chi connectivity index (χ3v) is 4.83. The molecule has 2 heterocycles. The minimum Gasteiger partial charge on any atom is -0.373 e. The molecule has 0 aliphatic carbocycles. The van der Waals surface area contributed by atoms with Crippen molar-refractivity contribution in [1.29, 1.82) is 0 Å². The van der Waals surface area contributed by atoms with E-state index in [0.29, 0.717) is 35.8 Å². The lowest BCUT2D eigenvalue weighted by Crippen LogP contribution is -2.41. The van der Waals surface area contributed by atoms with Crippen molar-refractivity contribution >= 4 is 11.2 Å². The summed E-state index contributed by atoms with van der Waals surface area (Å²) >= 11 is 0. The first kappa shape index (κ1) is 19.9. The first-order valence-electron chi connectivity index (χ1n) is 9.95. The third kappa shape index (κ3) is 3.74. The number of aryl methyl sites for hydroxylation is 3. The van der Waals surface area contributed by atoms with Crippen LogP contribution in [0.3, 0.4) is 0 Å². The summed E-state index contributed by atoms with van der Waals surface area (Å²) in [5, 5.41) is 0. The summed E-state index contributed by atoms with van der Waals surface area (Å²) in [6.07, 6.45) is 3.45. The molecule has 0 saturated carbocycles. The molecule has 7 nitrogen and oxygen atoms in total. The smallest absolute Gasteiger partial charge is 0.332 e. The van der Waals surface area contributed by atoms with Gasteiger partial charge in [0, 0.05) is 13.1 Å². The fourth-order valence-corrected chi connectivity index (χ4v) is 3.17. The van der Waals surface area contributed by atoms with Crippen molar-refractivity contribution < 1.29 is 4.84 Å². The molecule has 0 unspecified atom stereocenters. The van der Waals surface area contributed by atoms with E-state index in [0.717, 1.165) is 31.2 Å². The van der Waals surface area contributed by atoms with Gasteiger partial charge in [0.15, 0.2) is 16.9 Å². The van der Waals surface area contributed by atoms with E-state index in [9.17, 15) is 9.59 Å². The number of aromatic nitrogens is 4. The zero-order valence-electron chi connectivity index (χ0n) is 17.1. The minimum atomic E-state index is -0.353. The van der Waals surface area contributed by atoms with Crippen LogP contribution in [-0.4, -0.2) is 18.8 Å². The first-order valence-corrected chi connectivity index (χ1v) is 9.95. The van der Waals surface area contributed by atoms with Crippen molar-refractivity contribution in [3.05, 3.63) is 56.5 Å². The van der Waals surface area contributed by atoms with E-state index in [1.54, 1.807) is 11.5 Å². The van der Waals surface area contributed by atoms with Crippen LogP contribution in [-0.2, 0) is 13.1 Å². The predicted molar refractivity (Wildman–Crippen MR) is 110 cm³/mol. The van der Waals surface area contributed by atoms with Gasteiger partial charge in [-0.15, -0.1) is 0 Å². The Morgan fingerprint density at radius 1 is 0.929 bits per heavy atom. The van der Waals surface area contributed by atoms with Crippen molar-refractivity contribution in [1.82, 2.24) is 18.8 Å². The highest BCUT2D eigenvalue weighted by Gasteiger charge is 2.21. The van der Waals surface area contributed by atoms with Gasteiger partial charge in [0.05, 0.1) is 0 Å². The van der Waals surface area contributed by atoms with Gasteiger partial charge < -0.3 is 4.84 Å². The normalized spacial score (nSPS) is 11.3. The van der Waals surface area contributed by atoms with Gasteiger partial charge in [-0.1, -0.05) is 44.4 Å². The average Bonchev–Trinajstić information content (AvgIpc) is 2.99. The summed E-state index contributed by atoms with van der Waals surface area (Å²) < 4.78 is 4.38. The first-order chi connectivity index (χ1) is 13.5. The van der Waals surface area contributed by atoms with E-state index in [1.807, 2.05) is 38.1 Å². The van der Waals surface area contributed by atoms with Crippen molar-refractivity contribution in [3.63, 3.8) is 0 Å². The van der Waals surface area contributed by atoms with Crippen molar-refractivity contribution in [2.45, 2.75) is 66.5 Å². The van der Waals surface area contributed by atoms with E-state index < -0.39 is 0 Å². The molecule has 0 fully saturated rings. The second-order valence-corrected chi connectivity index (χ2v) is 7.13. The van der Waals surface area contributed by atoms with Gasteiger partial charge in [0.25, 0.3) is 5.56 Å². The Bertz CT molecular complexity index is 1070. The van der Waals surface area contributed by atoms with Gasteiger partial charge in [-0.3, -0.25) is 13.9 Å². The molecular weight excluding hydrogens is 356 g/mol. The molecule has 0 amide bonds. The average molecular weight is 384 g/mol. The Balaban J connectivity index is 2.21. The van der Waals surface area contributed by atoms with Gasteiger partial charge >= 0.3 is 5.69 Å². The summed E-state index contributed by atoms with van der Waals surface area (Å²) in [6, 6.07) is 7.59. The highest BCUT2D eigenvalue weighted by Crippen LogP contribution is 2.17. The maximum absolute atomic E-state index is 13.2. The Morgan fingerprint density at radius 3 is 2.14 bits per heavy atom. The fraction of sp³-hybridized carbons (Fsp3) is 0.476. The molecule has 0 aliphatic heterocycles. The van der Waals surface area contributed by atoms with Crippen molar-refractivity contribution in [2.24, 2.45) is 0 Å². The molecule has 0 saturated heterocycles. The van der Waals surface area contributed by atoms with E-state index in [4.69, 9.17) is 4.84 Å². The van der Waals surface area contributed by atoms with Crippen molar-refractivity contribution in [2.75, 3.05) is 0 Å². The summed E-state index contributed by atoms with van der Waals surface area (Å²) in [5.41, 5.74) is 1.17. The van der Waals surface area contributed by atoms with Gasteiger partial charge in [0.2, 0.25) is 0 Å². The molecule has 0 spiro atoms. The van der Waals surface area contributed by atoms with Crippen LogP contribution in [0.4, 0.5) is 0 Å².